The van der Waals surface area contributed by atoms with Gasteiger partial charge in [0.15, 0.2) is 11.5 Å². The standard InChI is InChI=1S/C12H20N2O2/c1-14(2)8-10(13)9-5-6-11(15-3)12(7-9)16-4/h5-7,10H,8,13H2,1-4H3/t10-/m1/s1. The van der Waals surface area contributed by atoms with Gasteiger partial charge >= 0.3 is 0 Å². The summed E-state index contributed by atoms with van der Waals surface area (Å²) in [4.78, 5) is 2.06. The van der Waals surface area contributed by atoms with Gasteiger partial charge in [0.05, 0.1) is 14.2 Å². The number of nitrogens with two attached hydrogens (primary N) is 1. The quantitative estimate of drug-likeness (QED) is 0.818. The van der Waals surface area contributed by atoms with E-state index in [1.807, 2.05) is 32.3 Å². The first-order valence-electron chi connectivity index (χ1n) is 5.20. The third-order valence-corrected chi connectivity index (χ3v) is 2.40. The summed E-state index contributed by atoms with van der Waals surface area (Å²) in [5.74, 6) is 1.44. The summed E-state index contributed by atoms with van der Waals surface area (Å²) in [6.07, 6.45) is 0. The molecule has 1 rings (SSSR count). The van der Waals surface area contributed by atoms with E-state index in [9.17, 15) is 0 Å². The summed E-state index contributed by atoms with van der Waals surface area (Å²) in [6.45, 7) is 0.801. The molecule has 0 aliphatic carbocycles. The van der Waals surface area contributed by atoms with Crippen LogP contribution in [0.4, 0.5) is 0 Å². The van der Waals surface area contributed by atoms with E-state index in [1.165, 1.54) is 0 Å². The second-order valence-electron chi connectivity index (χ2n) is 3.98. The first kappa shape index (κ1) is 12.8. The van der Waals surface area contributed by atoms with E-state index >= 15 is 0 Å². The highest BCUT2D eigenvalue weighted by Crippen LogP contribution is 2.29. The smallest absolute Gasteiger partial charge is 0.161 e. The minimum Gasteiger partial charge on any atom is -0.493 e. The Kier molecular flexibility index (Phi) is 4.58. The summed E-state index contributed by atoms with van der Waals surface area (Å²) in [5.41, 5.74) is 7.12. The molecule has 1 atom stereocenters. The number of rotatable bonds is 5. The Bertz CT molecular complexity index is 340. The molecule has 16 heavy (non-hydrogen) atoms. The van der Waals surface area contributed by atoms with Crippen molar-refractivity contribution in [1.29, 1.82) is 0 Å². The van der Waals surface area contributed by atoms with E-state index in [0.717, 1.165) is 17.9 Å². The Morgan fingerprint density at radius 1 is 1.19 bits per heavy atom. The summed E-state index contributed by atoms with van der Waals surface area (Å²) >= 11 is 0. The van der Waals surface area contributed by atoms with Crippen molar-refractivity contribution in [2.75, 3.05) is 34.9 Å². The highest BCUT2D eigenvalue weighted by Gasteiger charge is 2.11. The summed E-state index contributed by atoms with van der Waals surface area (Å²) in [7, 11) is 7.25. The third-order valence-electron chi connectivity index (χ3n) is 2.40. The predicted octanol–water partition coefficient (Wildman–Crippen LogP) is 1.27. The molecule has 0 heterocycles. The van der Waals surface area contributed by atoms with Crippen molar-refractivity contribution in [2.24, 2.45) is 5.73 Å². The maximum absolute atomic E-state index is 6.07. The van der Waals surface area contributed by atoms with Gasteiger partial charge in [-0.3, -0.25) is 0 Å². The zero-order valence-corrected chi connectivity index (χ0v) is 10.4. The normalized spacial score (nSPS) is 12.6. The second kappa shape index (κ2) is 5.72. The summed E-state index contributed by atoms with van der Waals surface area (Å²) in [6, 6.07) is 5.75. The van der Waals surface area contributed by atoms with Crippen LogP contribution in [0, 0.1) is 0 Å². The van der Waals surface area contributed by atoms with Crippen LogP contribution >= 0.6 is 0 Å². The zero-order chi connectivity index (χ0) is 12.1. The fourth-order valence-electron chi connectivity index (χ4n) is 1.58. The molecule has 0 radical (unpaired) electrons. The van der Waals surface area contributed by atoms with Crippen LogP contribution in [0.3, 0.4) is 0 Å². The van der Waals surface area contributed by atoms with Crippen molar-refractivity contribution >= 4 is 0 Å². The molecule has 0 aliphatic rings. The van der Waals surface area contributed by atoms with Crippen LogP contribution in [0.1, 0.15) is 11.6 Å². The van der Waals surface area contributed by atoms with E-state index in [0.29, 0.717) is 5.75 Å². The van der Waals surface area contributed by atoms with E-state index in [-0.39, 0.29) is 6.04 Å². The van der Waals surface area contributed by atoms with Gasteiger partial charge in [0.2, 0.25) is 0 Å². The van der Waals surface area contributed by atoms with Crippen LogP contribution in [0.2, 0.25) is 0 Å². The van der Waals surface area contributed by atoms with Gasteiger partial charge in [0, 0.05) is 12.6 Å². The van der Waals surface area contributed by atoms with E-state index < -0.39 is 0 Å². The molecule has 1 aromatic rings. The van der Waals surface area contributed by atoms with Gasteiger partial charge in [-0.05, 0) is 31.8 Å². The van der Waals surface area contributed by atoms with Crippen molar-refractivity contribution in [3.63, 3.8) is 0 Å². The molecule has 0 spiro atoms. The Hall–Kier alpha value is -1.26. The molecule has 0 aromatic heterocycles. The molecule has 0 unspecified atom stereocenters. The fraction of sp³-hybridized carbons (Fsp3) is 0.500. The highest BCUT2D eigenvalue weighted by atomic mass is 16.5. The van der Waals surface area contributed by atoms with Gasteiger partial charge in [-0.1, -0.05) is 6.07 Å². The van der Waals surface area contributed by atoms with Crippen molar-refractivity contribution in [1.82, 2.24) is 4.90 Å². The molecule has 4 heteroatoms. The van der Waals surface area contributed by atoms with E-state index in [2.05, 4.69) is 4.90 Å². The van der Waals surface area contributed by atoms with Crippen LogP contribution in [0.15, 0.2) is 18.2 Å². The lowest BCUT2D eigenvalue weighted by Crippen LogP contribution is -2.25. The molecule has 0 fully saturated rings. The molecule has 0 saturated carbocycles. The molecule has 0 aliphatic heterocycles. The average Bonchev–Trinajstić information content (AvgIpc) is 2.27. The molecular formula is C12H20N2O2. The lowest BCUT2D eigenvalue weighted by Gasteiger charge is -2.18. The molecule has 2 N–H and O–H groups in total. The molecule has 1 aromatic carbocycles. The molecule has 0 bridgehead atoms. The molecule has 0 amide bonds. The Balaban J connectivity index is 2.89. The topological polar surface area (TPSA) is 47.7 Å². The predicted molar refractivity (Wildman–Crippen MR) is 65.0 cm³/mol. The molecule has 0 saturated heterocycles. The lowest BCUT2D eigenvalue weighted by atomic mass is 10.1. The second-order valence-corrected chi connectivity index (χ2v) is 3.98. The molecular weight excluding hydrogens is 204 g/mol. The van der Waals surface area contributed by atoms with E-state index in [4.69, 9.17) is 15.2 Å². The van der Waals surface area contributed by atoms with Crippen LogP contribution in [-0.2, 0) is 0 Å². The largest absolute Gasteiger partial charge is 0.493 e. The van der Waals surface area contributed by atoms with Crippen molar-refractivity contribution in [2.45, 2.75) is 6.04 Å². The Labute approximate surface area is 96.9 Å². The Morgan fingerprint density at radius 2 is 1.81 bits per heavy atom. The van der Waals surface area contributed by atoms with Crippen molar-refractivity contribution < 1.29 is 9.47 Å². The monoisotopic (exact) mass is 224 g/mol. The van der Waals surface area contributed by atoms with Gasteiger partial charge in [-0.25, -0.2) is 0 Å². The number of ether oxygens (including phenoxy) is 2. The minimum atomic E-state index is -0.0187. The number of nitrogens with zero attached hydrogens (tertiary/aromatic N) is 1. The number of hydrogen-bond acceptors (Lipinski definition) is 4. The van der Waals surface area contributed by atoms with Crippen molar-refractivity contribution in [3.05, 3.63) is 23.8 Å². The minimum absolute atomic E-state index is 0.0187. The first-order chi connectivity index (χ1) is 7.58. The van der Waals surface area contributed by atoms with Crippen molar-refractivity contribution in [3.8, 4) is 11.5 Å². The van der Waals surface area contributed by atoms with Gasteiger partial charge in [-0.2, -0.15) is 0 Å². The molecule has 4 nitrogen and oxygen atoms in total. The maximum atomic E-state index is 6.07. The first-order valence-corrected chi connectivity index (χ1v) is 5.20. The summed E-state index contributed by atoms with van der Waals surface area (Å²) in [5, 5.41) is 0. The van der Waals surface area contributed by atoms with Gasteiger partial charge in [0.1, 0.15) is 0 Å². The number of likely N-dealkylation sites (N-methyl/N-ethyl adjacent to an activating group) is 1. The average molecular weight is 224 g/mol. The van der Waals surface area contributed by atoms with Crippen LogP contribution in [0.25, 0.3) is 0 Å². The van der Waals surface area contributed by atoms with E-state index in [1.54, 1.807) is 14.2 Å². The van der Waals surface area contributed by atoms with Crippen LogP contribution in [0.5, 0.6) is 11.5 Å². The number of hydrogen-bond donors (Lipinski definition) is 1. The summed E-state index contributed by atoms with van der Waals surface area (Å²) < 4.78 is 10.4. The highest BCUT2D eigenvalue weighted by molar-refractivity contribution is 5.43. The van der Waals surface area contributed by atoms with Crippen LogP contribution in [-0.4, -0.2) is 39.8 Å². The third kappa shape index (κ3) is 3.12. The number of methoxy groups -OCH3 is 2. The Morgan fingerprint density at radius 3 is 2.31 bits per heavy atom. The van der Waals surface area contributed by atoms with Gasteiger partial charge < -0.3 is 20.1 Å². The van der Waals surface area contributed by atoms with Crippen LogP contribution < -0.4 is 15.2 Å². The van der Waals surface area contributed by atoms with Gasteiger partial charge in [0.25, 0.3) is 0 Å². The fourth-order valence-corrected chi connectivity index (χ4v) is 1.58. The number of benzene rings is 1. The zero-order valence-electron chi connectivity index (χ0n) is 10.4. The van der Waals surface area contributed by atoms with Gasteiger partial charge in [-0.15, -0.1) is 0 Å². The maximum Gasteiger partial charge on any atom is 0.161 e. The molecule has 90 valence electrons. The SMILES string of the molecule is COc1ccc([C@H](N)CN(C)C)cc1OC. The lowest BCUT2D eigenvalue weighted by molar-refractivity contribution is 0.351.